The van der Waals surface area contributed by atoms with Crippen LogP contribution in [0.5, 0.6) is 0 Å². The number of alkyl halides is 2. The van der Waals surface area contributed by atoms with Gasteiger partial charge in [-0.25, -0.2) is 13.4 Å². The molecule has 2 rings (SSSR count). The van der Waals surface area contributed by atoms with Crippen molar-refractivity contribution in [3.63, 3.8) is 0 Å². The zero-order valence-corrected chi connectivity index (χ0v) is 14.0. The van der Waals surface area contributed by atoms with Gasteiger partial charge in [0.1, 0.15) is 6.61 Å². The lowest BCUT2D eigenvalue weighted by molar-refractivity contribution is 0.0390. The first kappa shape index (κ1) is 18.4. The molecular formula is C14H13F2NO5S2. The van der Waals surface area contributed by atoms with Crippen LogP contribution < -0.4 is 0 Å². The highest BCUT2D eigenvalue weighted by Gasteiger charge is 2.48. The molecule has 0 saturated carbocycles. The monoisotopic (exact) mass is 377 g/mol. The molecule has 0 radical (unpaired) electrons. The van der Waals surface area contributed by atoms with Crippen molar-refractivity contribution in [1.82, 2.24) is 4.98 Å². The molecule has 0 fully saturated rings. The summed E-state index contributed by atoms with van der Waals surface area (Å²) >= 11 is 0. The molecule has 0 aliphatic carbocycles. The molecule has 1 aromatic heterocycles. The molecule has 130 valence electrons. The second-order valence-electron chi connectivity index (χ2n) is 4.84. The first-order valence-corrected chi connectivity index (χ1v) is 9.45. The van der Waals surface area contributed by atoms with E-state index in [1.807, 2.05) is 0 Å². The quantitative estimate of drug-likeness (QED) is 0.717. The fourth-order valence-corrected chi connectivity index (χ4v) is 3.62. The molecule has 0 aliphatic rings. The zero-order valence-electron chi connectivity index (χ0n) is 12.4. The van der Waals surface area contributed by atoms with Crippen LogP contribution in [-0.4, -0.2) is 33.7 Å². The van der Waals surface area contributed by atoms with Gasteiger partial charge in [0, 0.05) is 6.20 Å². The number of rotatable bonds is 6. The van der Waals surface area contributed by atoms with E-state index in [9.17, 15) is 25.6 Å². The summed E-state index contributed by atoms with van der Waals surface area (Å²) in [5.41, 5.74) is 0.761. The van der Waals surface area contributed by atoms with Crippen LogP contribution in [0.1, 0.15) is 5.56 Å². The molecule has 0 atom stereocenters. The van der Waals surface area contributed by atoms with Crippen molar-refractivity contribution in [3.8, 4) is 0 Å². The van der Waals surface area contributed by atoms with Crippen molar-refractivity contribution in [3.05, 3.63) is 54.2 Å². The van der Waals surface area contributed by atoms with Crippen LogP contribution in [0.25, 0.3) is 0 Å². The predicted octanol–water partition coefficient (Wildman–Crippen LogP) is 2.16. The van der Waals surface area contributed by atoms with E-state index in [1.165, 1.54) is 36.4 Å². The Hall–Kier alpha value is -1.91. The van der Waals surface area contributed by atoms with Gasteiger partial charge in [0.2, 0.25) is 0 Å². The summed E-state index contributed by atoms with van der Waals surface area (Å²) in [5, 5.41) is -5.33. The Labute approximate surface area is 138 Å². The number of hydrogen-bond donors (Lipinski definition) is 0. The number of halogens is 2. The minimum atomic E-state index is -5.18. The molecule has 0 saturated heterocycles. The minimum Gasteiger partial charge on any atom is -0.259 e. The molecule has 2 aromatic rings. The normalized spacial score (nSPS) is 13.0. The van der Waals surface area contributed by atoms with E-state index in [4.69, 9.17) is 0 Å². The van der Waals surface area contributed by atoms with Crippen molar-refractivity contribution in [2.75, 3.05) is 6.61 Å². The third-order valence-electron chi connectivity index (χ3n) is 3.00. The molecule has 1 aromatic carbocycles. The summed E-state index contributed by atoms with van der Waals surface area (Å²) in [4.78, 5) is 3.01. The highest BCUT2D eigenvalue weighted by molar-refractivity contribution is 7.92. The Morgan fingerprint density at radius 2 is 1.67 bits per heavy atom. The SMILES string of the molecule is Cc1ccc(S(=O)(=O)OCC(F)(F)S(=O)(=O)c2ccccn2)cc1. The van der Waals surface area contributed by atoms with Gasteiger partial charge in [-0.15, -0.1) is 0 Å². The number of pyridine rings is 1. The Kier molecular flexibility index (Phi) is 5.02. The van der Waals surface area contributed by atoms with Crippen molar-refractivity contribution < 1.29 is 29.8 Å². The lowest BCUT2D eigenvalue weighted by Crippen LogP contribution is -2.35. The topological polar surface area (TPSA) is 90.4 Å². The van der Waals surface area contributed by atoms with Gasteiger partial charge in [-0.1, -0.05) is 23.8 Å². The number of aryl methyl sites for hydroxylation is 1. The maximum Gasteiger partial charge on any atom is 0.375 e. The second kappa shape index (κ2) is 6.54. The average molecular weight is 377 g/mol. The lowest BCUT2D eigenvalue weighted by atomic mass is 10.2. The molecule has 0 spiro atoms. The van der Waals surface area contributed by atoms with Crippen LogP contribution in [0.4, 0.5) is 8.78 Å². The van der Waals surface area contributed by atoms with Gasteiger partial charge in [-0.2, -0.15) is 17.2 Å². The Morgan fingerprint density at radius 1 is 1.04 bits per heavy atom. The van der Waals surface area contributed by atoms with Crippen molar-refractivity contribution in [1.29, 1.82) is 0 Å². The van der Waals surface area contributed by atoms with E-state index in [2.05, 4.69) is 9.17 Å². The van der Waals surface area contributed by atoms with Crippen molar-refractivity contribution in [2.24, 2.45) is 0 Å². The van der Waals surface area contributed by atoms with Gasteiger partial charge in [-0.05, 0) is 31.2 Å². The van der Waals surface area contributed by atoms with Gasteiger partial charge in [0.25, 0.3) is 20.0 Å². The molecular weight excluding hydrogens is 364 g/mol. The van der Waals surface area contributed by atoms with E-state index < -0.39 is 36.8 Å². The highest BCUT2D eigenvalue weighted by atomic mass is 32.2. The molecule has 6 nitrogen and oxygen atoms in total. The first-order valence-electron chi connectivity index (χ1n) is 6.56. The van der Waals surface area contributed by atoms with Crippen LogP contribution in [-0.2, 0) is 24.1 Å². The zero-order chi connectivity index (χ0) is 18.0. The summed E-state index contributed by atoms with van der Waals surface area (Å²) in [6.45, 7) is -0.132. The van der Waals surface area contributed by atoms with E-state index in [-0.39, 0.29) is 4.90 Å². The van der Waals surface area contributed by atoms with Crippen LogP contribution in [0.3, 0.4) is 0 Å². The van der Waals surface area contributed by atoms with Gasteiger partial charge in [0.05, 0.1) is 4.90 Å². The number of benzene rings is 1. The summed E-state index contributed by atoms with van der Waals surface area (Å²) in [7, 11) is -9.70. The molecule has 24 heavy (non-hydrogen) atoms. The Morgan fingerprint density at radius 3 is 2.21 bits per heavy atom. The Bertz CT molecular complexity index is 911. The van der Waals surface area contributed by atoms with Gasteiger partial charge in [-0.3, -0.25) is 4.18 Å². The summed E-state index contributed by atoms with van der Waals surface area (Å²) in [6, 6.07) is 8.73. The average Bonchev–Trinajstić information content (AvgIpc) is 2.54. The molecule has 0 unspecified atom stereocenters. The van der Waals surface area contributed by atoms with E-state index in [0.717, 1.165) is 17.8 Å². The van der Waals surface area contributed by atoms with Gasteiger partial charge < -0.3 is 0 Å². The van der Waals surface area contributed by atoms with Crippen LogP contribution >= 0.6 is 0 Å². The van der Waals surface area contributed by atoms with Crippen LogP contribution in [0.15, 0.2) is 58.6 Å². The number of nitrogens with zero attached hydrogens (tertiary/aromatic N) is 1. The smallest absolute Gasteiger partial charge is 0.259 e. The lowest BCUT2D eigenvalue weighted by Gasteiger charge is -2.16. The summed E-state index contributed by atoms with van der Waals surface area (Å²) < 4.78 is 79.7. The van der Waals surface area contributed by atoms with Crippen LogP contribution in [0, 0.1) is 6.92 Å². The fourth-order valence-electron chi connectivity index (χ4n) is 1.66. The largest absolute Gasteiger partial charge is 0.375 e. The van der Waals surface area contributed by atoms with E-state index in [1.54, 1.807) is 6.92 Å². The third-order valence-corrected chi connectivity index (χ3v) is 5.97. The molecule has 1 heterocycles. The maximum atomic E-state index is 14.0. The molecule has 0 bridgehead atoms. The van der Waals surface area contributed by atoms with E-state index in [0.29, 0.717) is 0 Å². The van der Waals surface area contributed by atoms with Gasteiger partial charge in [0.15, 0.2) is 5.03 Å². The summed E-state index contributed by atoms with van der Waals surface area (Å²) in [6.07, 6.45) is 1.03. The minimum absolute atomic E-state index is 0.348. The van der Waals surface area contributed by atoms with Crippen LogP contribution in [0.2, 0.25) is 0 Å². The predicted molar refractivity (Wildman–Crippen MR) is 80.7 cm³/mol. The second-order valence-corrected chi connectivity index (χ2v) is 8.48. The van der Waals surface area contributed by atoms with E-state index >= 15 is 0 Å². The number of sulfone groups is 1. The van der Waals surface area contributed by atoms with Gasteiger partial charge >= 0.3 is 5.25 Å². The third kappa shape index (κ3) is 3.77. The highest BCUT2D eigenvalue weighted by Crippen LogP contribution is 2.29. The first-order chi connectivity index (χ1) is 11.1. The fraction of sp³-hybridized carbons (Fsp3) is 0.214. The standard InChI is InChI=1S/C14H13F2NO5S2/c1-11-5-7-12(8-6-11)24(20,21)22-10-14(15,16)23(18,19)13-4-2-3-9-17-13/h2-9H,10H2,1H3. The summed E-state index contributed by atoms with van der Waals surface area (Å²) in [5.74, 6) is 0. The number of aromatic nitrogens is 1. The Balaban J connectivity index is 2.22. The molecule has 0 amide bonds. The maximum absolute atomic E-state index is 14.0. The van der Waals surface area contributed by atoms with Crippen molar-refractivity contribution >= 4 is 20.0 Å². The van der Waals surface area contributed by atoms with Crippen molar-refractivity contribution in [2.45, 2.75) is 22.1 Å². The molecule has 0 aliphatic heterocycles. The number of hydrogen-bond acceptors (Lipinski definition) is 6. The molecule has 0 N–H and O–H groups in total. The molecule has 10 heteroatoms.